The van der Waals surface area contributed by atoms with E-state index in [0.29, 0.717) is 13.1 Å². The van der Waals surface area contributed by atoms with Crippen LogP contribution in [0.3, 0.4) is 0 Å². The molecular formula is C42H54F3N5O6S. The van der Waals surface area contributed by atoms with Gasteiger partial charge in [-0.2, -0.15) is 0 Å². The first-order valence-electron chi connectivity index (χ1n) is 20.2. The molecule has 11 nitrogen and oxygen atoms in total. The number of ether oxygens (including phenoxy) is 1. The van der Waals surface area contributed by atoms with E-state index in [2.05, 4.69) is 27.0 Å². The van der Waals surface area contributed by atoms with Crippen molar-refractivity contribution in [3.05, 3.63) is 59.7 Å². The fourth-order valence-electron chi connectivity index (χ4n) is 10.4. The fraction of sp³-hybridized carbons (Fsp3) is 0.619. The number of sulfone groups is 1. The van der Waals surface area contributed by atoms with Gasteiger partial charge in [-0.25, -0.2) is 26.4 Å². The molecule has 0 spiro atoms. The van der Waals surface area contributed by atoms with Crippen molar-refractivity contribution < 1.29 is 41.0 Å². The Hall–Kier alpha value is -3.84. The van der Waals surface area contributed by atoms with E-state index in [1.807, 2.05) is 6.07 Å². The van der Waals surface area contributed by atoms with Gasteiger partial charge in [-0.1, -0.05) is 24.5 Å². The number of piperidine rings is 2. The Morgan fingerprint density at radius 1 is 0.965 bits per heavy atom. The molecule has 4 saturated heterocycles. The summed E-state index contributed by atoms with van der Waals surface area (Å²) in [6.45, 7) is 5.24. The maximum atomic E-state index is 16.3. The maximum absolute atomic E-state index is 16.3. The number of alkyl carbamates (subject to hydrolysis) is 1. The summed E-state index contributed by atoms with van der Waals surface area (Å²) < 4.78 is 79.0. The quantitative estimate of drug-likeness (QED) is 0.317. The lowest BCUT2D eigenvalue weighted by Gasteiger charge is -2.54. The number of amides is 2. The van der Waals surface area contributed by atoms with Crippen LogP contribution in [0.1, 0.15) is 63.9 Å². The highest BCUT2D eigenvalue weighted by Gasteiger charge is 2.54. The minimum absolute atomic E-state index is 0.0599. The van der Waals surface area contributed by atoms with Gasteiger partial charge in [0.25, 0.3) is 5.91 Å². The molecule has 4 aliphatic heterocycles. The molecule has 2 aromatic carbocycles. The van der Waals surface area contributed by atoms with Gasteiger partial charge < -0.3 is 29.9 Å². The zero-order valence-electron chi connectivity index (χ0n) is 32.8. The van der Waals surface area contributed by atoms with Gasteiger partial charge in [0.15, 0.2) is 10.6 Å². The second kappa shape index (κ2) is 16.4. The van der Waals surface area contributed by atoms with Crippen molar-refractivity contribution >= 4 is 27.5 Å². The molecule has 1 aliphatic carbocycles. The molecule has 5 aliphatic rings. The molecule has 4 heterocycles. The number of methoxy groups -OCH3 is 1. The van der Waals surface area contributed by atoms with Gasteiger partial charge in [-0.3, -0.25) is 9.69 Å². The standard InChI is InChI=1S/C42H54F3N5O6S/c1-3-8-38(51)49-20-6-17-41(53,28-49)57(54,55)33-13-14-37(35(44)24-33)50-26-40(45,27-50)25-48-21-15-30(16-22-48)42(29-47-18-7-19-47,31-9-4-10-32(43)23-31)34-11-5-12-36(34)46-39(52)56-2/h4,9-10,13-14,23-24,30,34,36,53H,5-7,11-12,15-22,25-29H2,1-2H3,(H,46,52)/t34-,36-,41+,42?/m0/s1. The average Bonchev–Trinajstić information content (AvgIpc) is 3.62. The average molecular weight is 814 g/mol. The summed E-state index contributed by atoms with van der Waals surface area (Å²) in [5, 5.41) is 14.3. The third-order valence-corrected chi connectivity index (χ3v) is 15.5. The number of hydrogen-bond donors (Lipinski definition) is 2. The molecule has 0 aromatic heterocycles. The van der Waals surface area contributed by atoms with Gasteiger partial charge >= 0.3 is 6.09 Å². The van der Waals surface area contributed by atoms with Crippen LogP contribution in [-0.2, 0) is 24.8 Å². The summed E-state index contributed by atoms with van der Waals surface area (Å²) in [7, 11) is -3.10. The van der Waals surface area contributed by atoms with Crippen molar-refractivity contribution in [2.75, 3.05) is 77.5 Å². The van der Waals surface area contributed by atoms with E-state index < -0.39 is 55.1 Å². The molecule has 2 aromatic rings. The van der Waals surface area contributed by atoms with Crippen molar-refractivity contribution in [2.24, 2.45) is 11.8 Å². The van der Waals surface area contributed by atoms with E-state index in [1.54, 1.807) is 17.0 Å². The molecule has 7 rings (SSSR count). The van der Waals surface area contributed by atoms with Gasteiger partial charge in [0, 0.05) is 31.1 Å². The molecule has 2 N–H and O–H groups in total. The third-order valence-electron chi connectivity index (χ3n) is 13.3. The molecule has 4 atom stereocenters. The molecule has 2 amide bonds. The van der Waals surface area contributed by atoms with Crippen LogP contribution in [-0.4, -0.2) is 129 Å². The Kier molecular flexibility index (Phi) is 11.9. The second-order valence-electron chi connectivity index (χ2n) is 16.8. The second-order valence-corrected chi connectivity index (χ2v) is 19.0. The van der Waals surface area contributed by atoms with Crippen LogP contribution in [0.25, 0.3) is 0 Å². The Morgan fingerprint density at radius 3 is 2.37 bits per heavy atom. The van der Waals surface area contributed by atoms with Crippen LogP contribution in [0, 0.1) is 35.3 Å². The van der Waals surface area contributed by atoms with Crippen LogP contribution < -0.4 is 10.2 Å². The number of aliphatic hydroxyl groups is 1. The number of anilines is 1. The lowest BCUT2D eigenvalue weighted by Crippen LogP contribution is -2.65. The summed E-state index contributed by atoms with van der Waals surface area (Å²) >= 11 is 0. The molecule has 0 radical (unpaired) electrons. The van der Waals surface area contributed by atoms with Crippen LogP contribution in [0.2, 0.25) is 0 Å². The molecular weight excluding hydrogens is 760 g/mol. The number of halogens is 3. The Balaban J connectivity index is 1.02. The van der Waals surface area contributed by atoms with Crippen molar-refractivity contribution in [3.8, 4) is 11.8 Å². The van der Waals surface area contributed by atoms with Crippen LogP contribution in [0.15, 0.2) is 47.4 Å². The minimum Gasteiger partial charge on any atom is -0.453 e. The lowest BCUT2D eigenvalue weighted by molar-refractivity contribution is -0.129. The predicted octanol–water partition coefficient (Wildman–Crippen LogP) is 4.48. The summed E-state index contributed by atoms with van der Waals surface area (Å²) in [5.41, 5.74) is -1.04. The van der Waals surface area contributed by atoms with E-state index in [-0.39, 0.29) is 68.4 Å². The number of nitrogens with zero attached hydrogens (tertiary/aromatic N) is 4. The van der Waals surface area contributed by atoms with E-state index in [4.69, 9.17) is 4.74 Å². The minimum atomic E-state index is -4.47. The number of carbonyl (C=O) groups is 2. The topological polar surface area (TPSA) is 123 Å². The highest BCUT2D eigenvalue weighted by Crippen LogP contribution is 2.52. The fourth-order valence-corrected chi connectivity index (χ4v) is 12.0. The van der Waals surface area contributed by atoms with Crippen LogP contribution in [0.5, 0.6) is 0 Å². The molecule has 57 heavy (non-hydrogen) atoms. The van der Waals surface area contributed by atoms with Crippen molar-refractivity contribution in [2.45, 2.75) is 85.2 Å². The largest absolute Gasteiger partial charge is 0.453 e. The van der Waals surface area contributed by atoms with Gasteiger partial charge in [0.1, 0.15) is 11.6 Å². The summed E-state index contributed by atoms with van der Waals surface area (Å²) in [4.78, 5) is 29.4. The highest BCUT2D eigenvalue weighted by molar-refractivity contribution is 7.92. The van der Waals surface area contributed by atoms with Crippen molar-refractivity contribution in [1.29, 1.82) is 0 Å². The van der Waals surface area contributed by atoms with Gasteiger partial charge in [0.05, 0.1) is 37.3 Å². The van der Waals surface area contributed by atoms with E-state index in [0.717, 1.165) is 69.8 Å². The zero-order valence-corrected chi connectivity index (χ0v) is 33.6. The SMILES string of the molecule is CC#CC(=O)N1CCC[C@@](O)(S(=O)(=O)c2ccc(N3CC(F)(CN4CCC(C(CN5CCC5)(c5cccc(F)c5)[C@H]5CCC[C@@H]5NC(=O)OC)CC4)C3)c(F)c2)C1. The number of likely N-dealkylation sites (tertiary alicyclic amines) is 3. The number of carbonyl (C=O) groups excluding carboxylic acids is 2. The number of alkyl halides is 1. The normalized spacial score (nSPS) is 26.7. The van der Waals surface area contributed by atoms with Crippen molar-refractivity contribution in [1.82, 2.24) is 20.0 Å². The molecule has 15 heteroatoms. The molecule has 310 valence electrons. The number of β-amino-alcohol motifs (C(OH)–C–C–N with tert-alkyl or cyclic N) is 1. The first kappa shape index (κ1) is 41.3. The van der Waals surface area contributed by atoms with Gasteiger partial charge in [0.2, 0.25) is 9.84 Å². The lowest BCUT2D eigenvalue weighted by atomic mass is 9.57. The molecule has 1 unspecified atom stereocenters. The zero-order chi connectivity index (χ0) is 40.6. The molecule has 1 saturated carbocycles. The Bertz CT molecular complexity index is 1990. The van der Waals surface area contributed by atoms with Crippen LogP contribution in [0.4, 0.5) is 23.7 Å². The first-order chi connectivity index (χ1) is 27.2. The predicted molar refractivity (Wildman–Crippen MR) is 209 cm³/mol. The van der Waals surface area contributed by atoms with Crippen molar-refractivity contribution in [3.63, 3.8) is 0 Å². The number of rotatable bonds is 11. The first-order valence-corrected chi connectivity index (χ1v) is 21.7. The summed E-state index contributed by atoms with van der Waals surface area (Å²) in [6.07, 6.45) is 4.93. The van der Waals surface area contributed by atoms with E-state index in [9.17, 15) is 23.1 Å². The van der Waals surface area contributed by atoms with Gasteiger partial charge in [-0.15, -0.1) is 0 Å². The summed E-state index contributed by atoms with van der Waals surface area (Å²) in [6, 6.07) is 10.2. The third kappa shape index (κ3) is 8.12. The maximum Gasteiger partial charge on any atom is 0.407 e. The summed E-state index contributed by atoms with van der Waals surface area (Å²) in [5.74, 6) is 3.34. The van der Waals surface area contributed by atoms with E-state index >= 15 is 13.2 Å². The Morgan fingerprint density at radius 2 is 1.72 bits per heavy atom. The molecule has 5 fully saturated rings. The smallest absolute Gasteiger partial charge is 0.407 e. The molecule has 0 bridgehead atoms. The van der Waals surface area contributed by atoms with E-state index in [1.165, 1.54) is 37.1 Å². The van der Waals surface area contributed by atoms with Gasteiger partial charge in [-0.05, 0) is 132 Å². The Labute approximate surface area is 333 Å². The monoisotopic (exact) mass is 813 g/mol. The number of nitrogens with one attached hydrogen (secondary N) is 1. The highest BCUT2D eigenvalue weighted by atomic mass is 32.2. The van der Waals surface area contributed by atoms with Crippen LogP contribution >= 0.6 is 0 Å². The number of benzene rings is 2. The number of hydrogen-bond acceptors (Lipinski definition) is 9.